The van der Waals surface area contributed by atoms with E-state index in [-0.39, 0.29) is 11.4 Å². The molecule has 26 heavy (non-hydrogen) atoms. The number of ether oxygens (including phenoxy) is 1. The fourth-order valence-electron chi connectivity index (χ4n) is 2.47. The maximum absolute atomic E-state index is 13.2. The van der Waals surface area contributed by atoms with Crippen molar-refractivity contribution >= 4 is 21.4 Å². The van der Waals surface area contributed by atoms with Gasteiger partial charge in [0.25, 0.3) is 0 Å². The molecule has 0 N–H and O–H groups in total. The molecule has 3 rings (SSSR count). The standard InChI is InChI=1S/C19H21NO4S2/c1-2-10-23-17-5-7-19(8-6-17)26(21,22)20(13-16-9-12-25-15-16)14-18-4-3-11-24-18/h3-9,11-12,15H,2,10,13-14H2,1H3. The Balaban J connectivity index is 1.85. The van der Waals surface area contributed by atoms with Crippen molar-refractivity contribution in [1.29, 1.82) is 0 Å². The molecule has 0 aliphatic carbocycles. The lowest BCUT2D eigenvalue weighted by molar-refractivity contribution is 0.317. The minimum atomic E-state index is -3.67. The van der Waals surface area contributed by atoms with Gasteiger partial charge in [-0.05, 0) is 65.2 Å². The van der Waals surface area contributed by atoms with E-state index >= 15 is 0 Å². The first-order valence-electron chi connectivity index (χ1n) is 8.36. The molecule has 1 aromatic carbocycles. The predicted molar refractivity (Wildman–Crippen MR) is 102 cm³/mol. The van der Waals surface area contributed by atoms with Gasteiger partial charge in [-0.3, -0.25) is 0 Å². The third kappa shape index (κ3) is 4.55. The van der Waals surface area contributed by atoms with Gasteiger partial charge >= 0.3 is 0 Å². The van der Waals surface area contributed by atoms with Gasteiger partial charge in [0.15, 0.2) is 0 Å². The number of hydrogen-bond donors (Lipinski definition) is 0. The third-order valence-electron chi connectivity index (χ3n) is 3.79. The number of sulfonamides is 1. The first-order valence-corrected chi connectivity index (χ1v) is 10.7. The average Bonchev–Trinajstić information content (AvgIpc) is 3.34. The topological polar surface area (TPSA) is 59.8 Å². The Morgan fingerprint density at radius 3 is 2.54 bits per heavy atom. The van der Waals surface area contributed by atoms with E-state index in [1.807, 2.05) is 23.8 Å². The molecule has 0 saturated carbocycles. The zero-order chi connectivity index (χ0) is 18.4. The molecular formula is C19H21NO4S2. The molecule has 0 radical (unpaired) electrons. The Hall–Kier alpha value is -2.09. The third-order valence-corrected chi connectivity index (χ3v) is 6.32. The molecule has 0 atom stereocenters. The van der Waals surface area contributed by atoms with Gasteiger partial charge in [-0.15, -0.1) is 0 Å². The average molecular weight is 392 g/mol. The second-order valence-corrected chi connectivity index (χ2v) is 8.52. The van der Waals surface area contributed by atoms with Crippen LogP contribution in [-0.4, -0.2) is 19.3 Å². The second-order valence-electron chi connectivity index (χ2n) is 5.80. The molecule has 2 heterocycles. The molecule has 3 aromatic rings. The molecule has 0 spiro atoms. The zero-order valence-electron chi connectivity index (χ0n) is 14.5. The summed E-state index contributed by atoms with van der Waals surface area (Å²) in [6.07, 6.45) is 2.45. The van der Waals surface area contributed by atoms with Crippen molar-refractivity contribution < 1.29 is 17.6 Å². The van der Waals surface area contributed by atoms with Crippen LogP contribution < -0.4 is 4.74 Å². The summed E-state index contributed by atoms with van der Waals surface area (Å²) in [7, 11) is -3.67. The normalized spacial score (nSPS) is 11.8. The Labute approximate surface area is 157 Å². The minimum absolute atomic E-state index is 0.180. The summed E-state index contributed by atoms with van der Waals surface area (Å²) in [5.41, 5.74) is 0.952. The zero-order valence-corrected chi connectivity index (χ0v) is 16.1. The Kier molecular flexibility index (Phi) is 6.13. The maximum Gasteiger partial charge on any atom is 0.243 e. The van der Waals surface area contributed by atoms with Crippen molar-refractivity contribution in [3.63, 3.8) is 0 Å². The smallest absolute Gasteiger partial charge is 0.243 e. The number of benzene rings is 1. The Morgan fingerprint density at radius 2 is 1.92 bits per heavy atom. The first-order chi connectivity index (χ1) is 12.6. The molecule has 0 fully saturated rings. The molecule has 7 heteroatoms. The van der Waals surface area contributed by atoms with E-state index in [2.05, 4.69) is 0 Å². The number of furan rings is 1. The highest BCUT2D eigenvalue weighted by atomic mass is 32.2. The SMILES string of the molecule is CCCOc1ccc(S(=O)(=O)N(Cc2ccsc2)Cc2ccco2)cc1. The van der Waals surface area contributed by atoms with E-state index in [1.165, 1.54) is 4.31 Å². The molecule has 5 nitrogen and oxygen atoms in total. The summed E-state index contributed by atoms with van der Waals surface area (Å²) >= 11 is 1.54. The number of nitrogens with zero attached hydrogens (tertiary/aromatic N) is 1. The maximum atomic E-state index is 13.2. The summed E-state index contributed by atoms with van der Waals surface area (Å²) < 4.78 is 38.6. The van der Waals surface area contributed by atoms with E-state index in [0.717, 1.165) is 12.0 Å². The van der Waals surface area contributed by atoms with Gasteiger partial charge < -0.3 is 9.15 Å². The number of thiophene rings is 1. The molecule has 2 aromatic heterocycles. The molecule has 0 bridgehead atoms. The van der Waals surface area contributed by atoms with Crippen molar-refractivity contribution in [2.45, 2.75) is 31.3 Å². The largest absolute Gasteiger partial charge is 0.494 e. The van der Waals surface area contributed by atoms with E-state index < -0.39 is 10.0 Å². The van der Waals surface area contributed by atoms with Crippen molar-refractivity contribution in [2.24, 2.45) is 0 Å². The fraction of sp³-hybridized carbons (Fsp3) is 0.263. The molecule has 138 valence electrons. The summed E-state index contributed by atoms with van der Waals surface area (Å²) in [6.45, 7) is 3.10. The van der Waals surface area contributed by atoms with E-state index in [9.17, 15) is 8.42 Å². The highest BCUT2D eigenvalue weighted by molar-refractivity contribution is 7.89. The van der Waals surface area contributed by atoms with Crippen LogP contribution >= 0.6 is 11.3 Å². The highest BCUT2D eigenvalue weighted by Crippen LogP contribution is 2.24. The highest BCUT2D eigenvalue weighted by Gasteiger charge is 2.26. The van der Waals surface area contributed by atoms with Crippen molar-refractivity contribution in [3.8, 4) is 5.75 Å². The lowest BCUT2D eigenvalue weighted by Crippen LogP contribution is -2.30. The van der Waals surface area contributed by atoms with Crippen molar-refractivity contribution in [3.05, 3.63) is 70.8 Å². The lowest BCUT2D eigenvalue weighted by atomic mass is 10.3. The van der Waals surface area contributed by atoms with Gasteiger partial charge in [0.05, 0.1) is 24.3 Å². The second kappa shape index (κ2) is 8.53. The van der Waals surface area contributed by atoms with Crippen molar-refractivity contribution in [1.82, 2.24) is 4.31 Å². The van der Waals surface area contributed by atoms with Gasteiger partial charge in [0.1, 0.15) is 11.5 Å². The van der Waals surface area contributed by atoms with Gasteiger partial charge in [0, 0.05) is 6.54 Å². The van der Waals surface area contributed by atoms with Gasteiger partial charge in [0.2, 0.25) is 10.0 Å². The Bertz CT molecular complexity index is 849. The van der Waals surface area contributed by atoms with E-state index in [1.54, 1.807) is 54.0 Å². The molecule has 0 aliphatic rings. The summed E-state index contributed by atoms with van der Waals surface area (Å²) in [5.74, 6) is 1.27. The lowest BCUT2D eigenvalue weighted by Gasteiger charge is -2.21. The molecule has 0 aliphatic heterocycles. The van der Waals surface area contributed by atoms with Crippen molar-refractivity contribution in [2.75, 3.05) is 6.61 Å². The van der Waals surface area contributed by atoms with E-state index in [0.29, 0.717) is 24.7 Å². The first kappa shape index (κ1) is 18.7. The van der Waals surface area contributed by atoms with Crippen LogP contribution in [0.2, 0.25) is 0 Å². The molecular weight excluding hydrogens is 370 g/mol. The molecule has 0 unspecified atom stereocenters. The van der Waals surface area contributed by atoms with Crippen LogP contribution in [0.4, 0.5) is 0 Å². The van der Waals surface area contributed by atoms with E-state index in [4.69, 9.17) is 9.15 Å². The van der Waals surface area contributed by atoms with Gasteiger partial charge in [-0.1, -0.05) is 6.92 Å². The van der Waals surface area contributed by atoms with Crippen LogP contribution in [0.5, 0.6) is 5.75 Å². The van der Waals surface area contributed by atoms with Crippen LogP contribution in [-0.2, 0) is 23.1 Å². The summed E-state index contributed by atoms with van der Waals surface area (Å²) in [6, 6.07) is 12.0. The fourth-order valence-corrected chi connectivity index (χ4v) is 4.52. The number of rotatable bonds is 9. The van der Waals surface area contributed by atoms with Crippen LogP contribution in [0.1, 0.15) is 24.7 Å². The quantitative estimate of drug-likeness (QED) is 0.538. The molecule has 0 amide bonds. The summed E-state index contributed by atoms with van der Waals surface area (Å²) in [4.78, 5) is 0.239. The number of hydrogen-bond acceptors (Lipinski definition) is 5. The van der Waals surface area contributed by atoms with Gasteiger partial charge in [-0.2, -0.15) is 15.6 Å². The van der Waals surface area contributed by atoms with Gasteiger partial charge in [-0.25, -0.2) is 8.42 Å². The van der Waals surface area contributed by atoms with Crippen LogP contribution in [0, 0.1) is 0 Å². The predicted octanol–water partition coefficient (Wildman–Crippen LogP) is 4.52. The minimum Gasteiger partial charge on any atom is -0.494 e. The van der Waals surface area contributed by atoms with Crippen LogP contribution in [0.3, 0.4) is 0 Å². The Morgan fingerprint density at radius 1 is 1.12 bits per heavy atom. The van der Waals surface area contributed by atoms with Crippen LogP contribution in [0.15, 0.2) is 68.8 Å². The monoisotopic (exact) mass is 391 g/mol. The molecule has 0 saturated heterocycles. The summed E-state index contributed by atoms with van der Waals surface area (Å²) in [5, 5.41) is 3.89. The van der Waals surface area contributed by atoms with Crippen LogP contribution in [0.25, 0.3) is 0 Å².